The van der Waals surface area contributed by atoms with Crippen LogP contribution in [-0.2, 0) is 10.0 Å². The minimum atomic E-state index is -3.95. The number of aryl methyl sites for hydroxylation is 1. The third-order valence-electron chi connectivity index (χ3n) is 3.05. The molecule has 3 aromatic heterocycles. The molecule has 0 fully saturated rings. The van der Waals surface area contributed by atoms with Crippen LogP contribution in [0.2, 0.25) is 14.4 Å². The van der Waals surface area contributed by atoms with E-state index in [-0.39, 0.29) is 30.2 Å². The molecule has 0 atom stereocenters. The Balaban J connectivity index is 1.94. The quantitative estimate of drug-likeness (QED) is 0.563. The van der Waals surface area contributed by atoms with E-state index in [0.29, 0.717) is 5.75 Å². The number of pyridine rings is 2. The van der Waals surface area contributed by atoms with E-state index >= 15 is 0 Å². The van der Waals surface area contributed by atoms with Gasteiger partial charge in [-0.3, -0.25) is 9.71 Å². The summed E-state index contributed by atoms with van der Waals surface area (Å²) in [6.07, 6.45) is 2.85. The van der Waals surface area contributed by atoms with Gasteiger partial charge >= 0.3 is 0 Å². The molecule has 136 valence electrons. The number of rotatable bonds is 5. The van der Waals surface area contributed by atoms with Crippen molar-refractivity contribution in [2.45, 2.75) is 11.1 Å². The summed E-state index contributed by atoms with van der Waals surface area (Å²) >= 11 is 18.5. The molecular weight excluding hydrogens is 441 g/mol. The Hall–Kier alpha value is -1.58. The van der Waals surface area contributed by atoms with Crippen LogP contribution in [0.3, 0.4) is 0 Å². The van der Waals surface area contributed by atoms with Gasteiger partial charge in [-0.25, -0.2) is 13.4 Å². The summed E-state index contributed by atoms with van der Waals surface area (Å²) in [5, 5.41) is 0.391. The minimum Gasteiger partial charge on any atom is -0.435 e. The van der Waals surface area contributed by atoms with E-state index in [1.807, 2.05) is 6.92 Å². The summed E-state index contributed by atoms with van der Waals surface area (Å²) in [6.45, 7) is 1.83. The zero-order chi connectivity index (χ0) is 18.9. The van der Waals surface area contributed by atoms with Crippen molar-refractivity contribution in [2.24, 2.45) is 0 Å². The second kappa shape index (κ2) is 7.58. The highest BCUT2D eigenvalue weighted by Gasteiger charge is 2.22. The smallest absolute Gasteiger partial charge is 0.271 e. The molecule has 3 rings (SSSR count). The van der Waals surface area contributed by atoms with Crippen LogP contribution in [0.25, 0.3) is 0 Å². The van der Waals surface area contributed by atoms with Gasteiger partial charge in [0.1, 0.15) is 20.0 Å². The van der Waals surface area contributed by atoms with Crippen molar-refractivity contribution in [1.82, 2.24) is 9.97 Å². The number of anilines is 1. The van der Waals surface area contributed by atoms with Gasteiger partial charge in [-0.15, -0.1) is 11.3 Å². The minimum absolute atomic E-state index is 0.0254. The summed E-state index contributed by atoms with van der Waals surface area (Å²) in [6, 6.07) is 6.10. The van der Waals surface area contributed by atoms with Gasteiger partial charge in [0.05, 0.1) is 16.2 Å². The molecule has 0 radical (unpaired) electrons. The molecule has 1 N–H and O–H groups in total. The zero-order valence-electron chi connectivity index (χ0n) is 13.0. The standard InChI is InChI=1S/C15H10Cl3N3O3S2/c1-8-2-3-10(7-19-8)24-15-12(4-9(16)6-20-15)21-26(22,23)13-5-11(17)14(18)25-13/h2-7,21H,1H3. The highest BCUT2D eigenvalue weighted by molar-refractivity contribution is 7.94. The molecule has 3 aromatic rings. The maximum atomic E-state index is 12.6. The van der Waals surface area contributed by atoms with Crippen molar-refractivity contribution >= 4 is 61.9 Å². The topological polar surface area (TPSA) is 81.2 Å². The maximum absolute atomic E-state index is 12.6. The van der Waals surface area contributed by atoms with Crippen LogP contribution < -0.4 is 9.46 Å². The summed E-state index contributed by atoms with van der Waals surface area (Å²) in [5.74, 6) is 0.422. The van der Waals surface area contributed by atoms with Gasteiger partial charge in [-0.1, -0.05) is 34.8 Å². The zero-order valence-corrected chi connectivity index (χ0v) is 16.9. The molecule has 3 heterocycles. The third-order valence-corrected chi connectivity index (χ3v) is 6.96. The van der Waals surface area contributed by atoms with E-state index in [9.17, 15) is 8.42 Å². The third kappa shape index (κ3) is 4.39. The fourth-order valence-electron chi connectivity index (χ4n) is 1.86. The number of hydrogen-bond donors (Lipinski definition) is 1. The van der Waals surface area contributed by atoms with E-state index < -0.39 is 10.0 Å². The Morgan fingerprint density at radius 2 is 1.88 bits per heavy atom. The first-order valence-corrected chi connectivity index (χ1v) is 10.4. The molecule has 26 heavy (non-hydrogen) atoms. The van der Waals surface area contributed by atoms with Crippen LogP contribution in [0.1, 0.15) is 5.69 Å². The molecule has 0 aliphatic heterocycles. The number of aromatic nitrogens is 2. The maximum Gasteiger partial charge on any atom is 0.271 e. The number of thiophene rings is 1. The van der Waals surface area contributed by atoms with Crippen molar-refractivity contribution in [3.63, 3.8) is 0 Å². The lowest BCUT2D eigenvalue weighted by atomic mass is 10.4. The van der Waals surface area contributed by atoms with Crippen molar-refractivity contribution < 1.29 is 13.2 Å². The van der Waals surface area contributed by atoms with E-state index in [1.165, 1.54) is 24.5 Å². The fourth-order valence-corrected chi connectivity index (χ4v) is 4.95. The molecule has 11 heteroatoms. The summed E-state index contributed by atoms with van der Waals surface area (Å²) in [7, 11) is -3.95. The van der Waals surface area contributed by atoms with E-state index in [4.69, 9.17) is 39.5 Å². The Morgan fingerprint density at radius 3 is 2.50 bits per heavy atom. The Kier molecular flexibility index (Phi) is 5.59. The van der Waals surface area contributed by atoms with Crippen LogP contribution in [0.4, 0.5) is 5.69 Å². The van der Waals surface area contributed by atoms with Crippen LogP contribution in [0.15, 0.2) is 40.9 Å². The van der Waals surface area contributed by atoms with Crippen molar-refractivity contribution in [1.29, 1.82) is 0 Å². The van der Waals surface area contributed by atoms with Crippen LogP contribution in [-0.4, -0.2) is 18.4 Å². The molecule has 0 saturated heterocycles. The molecule has 0 aromatic carbocycles. The molecular formula is C15H10Cl3N3O3S2. The molecule has 0 bridgehead atoms. The Morgan fingerprint density at radius 1 is 1.12 bits per heavy atom. The number of ether oxygens (including phenoxy) is 1. The average molecular weight is 451 g/mol. The second-order valence-electron chi connectivity index (χ2n) is 5.04. The summed E-state index contributed by atoms with van der Waals surface area (Å²) in [5.41, 5.74) is 0.882. The summed E-state index contributed by atoms with van der Waals surface area (Å²) in [4.78, 5) is 8.15. The number of hydrogen-bond acceptors (Lipinski definition) is 6. The Bertz CT molecular complexity index is 1030. The number of halogens is 3. The van der Waals surface area contributed by atoms with Crippen molar-refractivity contribution in [2.75, 3.05) is 4.72 Å². The van der Waals surface area contributed by atoms with Crippen molar-refractivity contribution in [3.8, 4) is 11.6 Å². The molecule has 0 aliphatic carbocycles. The summed E-state index contributed by atoms with van der Waals surface area (Å²) < 4.78 is 33.3. The highest BCUT2D eigenvalue weighted by Crippen LogP contribution is 2.36. The predicted octanol–water partition coefficient (Wildman–Crippen LogP) is 5.40. The first kappa shape index (κ1) is 19.2. The molecule has 0 unspecified atom stereocenters. The lowest BCUT2D eigenvalue weighted by Crippen LogP contribution is -2.12. The molecule has 0 aliphatic rings. The van der Waals surface area contributed by atoms with Gasteiger partial charge in [0.25, 0.3) is 10.0 Å². The predicted molar refractivity (Wildman–Crippen MR) is 103 cm³/mol. The molecule has 6 nitrogen and oxygen atoms in total. The van der Waals surface area contributed by atoms with Gasteiger partial charge in [-0.05, 0) is 31.2 Å². The van der Waals surface area contributed by atoms with Crippen LogP contribution >= 0.6 is 46.1 Å². The first-order chi connectivity index (χ1) is 12.2. The SMILES string of the molecule is Cc1ccc(Oc2ncc(Cl)cc2NS(=O)(=O)c2cc(Cl)c(Cl)s2)cn1. The fraction of sp³-hybridized carbons (Fsp3) is 0.0667. The van der Waals surface area contributed by atoms with Gasteiger partial charge in [-0.2, -0.15) is 0 Å². The van der Waals surface area contributed by atoms with Gasteiger partial charge < -0.3 is 4.74 Å². The van der Waals surface area contributed by atoms with Gasteiger partial charge in [0.15, 0.2) is 0 Å². The van der Waals surface area contributed by atoms with Crippen LogP contribution in [0.5, 0.6) is 11.6 Å². The first-order valence-electron chi connectivity index (χ1n) is 6.98. The average Bonchev–Trinajstić information content (AvgIpc) is 2.92. The monoisotopic (exact) mass is 449 g/mol. The Labute approximate surface area is 168 Å². The molecule has 0 spiro atoms. The van der Waals surface area contributed by atoms with Gasteiger partial charge in [0, 0.05) is 11.9 Å². The normalized spacial score (nSPS) is 11.4. The van der Waals surface area contributed by atoms with E-state index in [0.717, 1.165) is 17.0 Å². The van der Waals surface area contributed by atoms with E-state index in [1.54, 1.807) is 12.1 Å². The largest absolute Gasteiger partial charge is 0.435 e. The van der Waals surface area contributed by atoms with Crippen LogP contribution in [0, 0.1) is 6.92 Å². The lowest BCUT2D eigenvalue weighted by Gasteiger charge is -2.12. The van der Waals surface area contributed by atoms with Gasteiger partial charge in [0.2, 0.25) is 5.88 Å². The number of nitrogens with zero attached hydrogens (tertiary/aromatic N) is 2. The van der Waals surface area contributed by atoms with Crippen molar-refractivity contribution in [3.05, 3.63) is 56.7 Å². The lowest BCUT2D eigenvalue weighted by molar-refractivity contribution is 0.463. The number of nitrogens with one attached hydrogen (secondary N) is 1. The number of sulfonamides is 1. The molecule has 0 saturated carbocycles. The van der Waals surface area contributed by atoms with E-state index in [2.05, 4.69) is 14.7 Å². The highest BCUT2D eigenvalue weighted by atomic mass is 35.5. The second-order valence-corrected chi connectivity index (χ2v) is 9.44. The molecule has 0 amide bonds.